The van der Waals surface area contributed by atoms with Gasteiger partial charge in [-0.2, -0.15) is 0 Å². The molecule has 0 saturated carbocycles. The maximum Gasteiger partial charge on any atom is 0.221 e. The van der Waals surface area contributed by atoms with E-state index in [-0.39, 0.29) is 5.91 Å². The largest absolute Gasteiger partial charge is 0.379 e. The molecule has 0 unspecified atom stereocenters. The minimum Gasteiger partial charge on any atom is -0.379 e. The van der Waals surface area contributed by atoms with Gasteiger partial charge in [-0.05, 0) is 36.7 Å². The van der Waals surface area contributed by atoms with Gasteiger partial charge in [0.2, 0.25) is 5.91 Å². The number of carbonyl (C=O) groups is 1. The molecule has 1 fully saturated rings. The molecule has 4 rings (SSSR count). The van der Waals surface area contributed by atoms with Crippen LogP contribution in [0.5, 0.6) is 0 Å². The van der Waals surface area contributed by atoms with Crippen molar-refractivity contribution in [3.63, 3.8) is 0 Å². The van der Waals surface area contributed by atoms with E-state index in [2.05, 4.69) is 50.1 Å². The number of amides is 1. The predicted octanol–water partition coefficient (Wildman–Crippen LogP) is 2.93. The molecular formula is C18H23N5OS. The fraction of sp³-hybridized carbons (Fsp3) is 0.389. The number of rotatable bonds is 2. The first kappa shape index (κ1) is 16.4. The average molecular weight is 357 g/mol. The number of benzene rings is 1. The van der Waals surface area contributed by atoms with Crippen LogP contribution in [0, 0.1) is 0 Å². The molecule has 6 nitrogen and oxygen atoms in total. The maximum atomic E-state index is 11.4. The second-order valence-electron chi connectivity index (χ2n) is 6.59. The summed E-state index contributed by atoms with van der Waals surface area (Å²) in [7, 11) is 2.17. The van der Waals surface area contributed by atoms with Gasteiger partial charge in [-0.3, -0.25) is 9.80 Å². The van der Waals surface area contributed by atoms with E-state index in [1.807, 2.05) is 12.1 Å². The van der Waals surface area contributed by atoms with Gasteiger partial charge in [0.05, 0.1) is 11.4 Å². The fourth-order valence-corrected chi connectivity index (χ4v) is 4.33. The SMILES string of the molecule is CC(=O)Nc1ccc2c(c1)NCc1ccsc1N2N1CCN(C)CC1. The van der Waals surface area contributed by atoms with E-state index in [1.165, 1.54) is 17.5 Å². The quantitative estimate of drug-likeness (QED) is 0.865. The van der Waals surface area contributed by atoms with Crippen molar-refractivity contribution in [2.75, 3.05) is 48.9 Å². The van der Waals surface area contributed by atoms with Gasteiger partial charge in [0.1, 0.15) is 5.00 Å². The lowest BCUT2D eigenvalue weighted by Gasteiger charge is -2.41. The normalized spacial score (nSPS) is 18.1. The lowest BCUT2D eigenvalue weighted by molar-refractivity contribution is -0.114. The Morgan fingerprint density at radius 3 is 2.76 bits per heavy atom. The van der Waals surface area contributed by atoms with E-state index in [0.29, 0.717) is 0 Å². The molecule has 0 radical (unpaired) electrons. The number of nitrogens with zero attached hydrogens (tertiary/aromatic N) is 3. The van der Waals surface area contributed by atoms with Gasteiger partial charge in [-0.15, -0.1) is 11.3 Å². The second kappa shape index (κ2) is 6.67. The van der Waals surface area contributed by atoms with Crippen molar-refractivity contribution in [1.29, 1.82) is 0 Å². The summed E-state index contributed by atoms with van der Waals surface area (Å²) in [5.74, 6) is -0.0522. The summed E-state index contributed by atoms with van der Waals surface area (Å²) >= 11 is 1.78. The zero-order chi connectivity index (χ0) is 17.4. The Morgan fingerprint density at radius 2 is 2.00 bits per heavy atom. The molecule has 2 aliphatic heterocycles. The van der Waals surface area contributed by atoms with Crippen LogP contribution in [0.25, 0.3) is 0 Å². The van der Waals surface area contributed by atoms with Crippen LogP contribution in [0.15, 0.2) is 29.6 Å². The molecule has 0 aliphatic carbocycles. The summed E-state index contributed by atoms with van der Waals surface area (Å²) in [5.41, 5.74) is 4.32. The van der Waals surface area contributed by atoms with Gasteiger partial charge >= 0.3 is 0 Å². The van der Waals surface area contributed by atoms with Crippen molar-refractivity contribution >= 4 is 39.3 Å². The van der Waals surface area contributed by atoms with Crippen LogP contribution in [0.4, 0.5) is 22.1 Å². The summed E-state index contributed by atoms with van der Waals surface area (Å²) in [5, 5.41) is 14.6. The number of piperazine rings is 1. The van der Waals surface area contributed by atoms with Gasteiger partial charge < -0.3 is 15.5 Å². The molecule has 0 bridgehead atoms. The molecule has 2 aliphatic rings. The zero-order valence-electron chi connectivity index (χ0n) is 14.6. The molecule has 2 N–H and O–H groups in total. The number of likely N-dealkylation sites (N-methyl/N-ethyl adjacent to an activating group) is 1. The lowest BCUT2D eigenvalue weighted by Crippen LogP contribution is -2.51. The predicted molar refractivity (Wildman–Crippen MR) is 104 cm³/mol. The lowest BCUT2D eigenvalue weighted by atomic mass is 10.2. The highest BCUT2D eigenvalue weighted by Crippen LogP contribution is 2.43. The summed E-state index contributed by atoms with van der Waals surface area (Å²) in [6.07, 6.45) is 0. The number of hydrogen-bond acceptors (Lipinski definition) is 6. The van der Waals surface area contributed by atoms with Crippen LogP contribution in [-0.4, -0.2) is 49.0 Å². The van der Waals surface area contributed by atoms with E-state index in [1.54, 1.807) is 11.3 Å². The first-order valence-electron chi connectivity index (χ1n) is 8.57. The number of carbonyl (C=O) groups excluding carboxylic acids is 1. The molecular weight excluding hydrogens is 334 g/mol. The monoisotopic (exact) mass is 357 g/mol. The minimum atomic E-state index is -0.0522. The average Bonchev–Trinajstić information content (AvgIpc) is 2.98. The Hall–Kier alpha value is -2.09. The third-order valence-corrected chi connectivity index (χ3v) is 5.62. The number of anilines is 4. The highest BCUT2D eigenvalue weighted by atomic mass is 32.1. The van der Waals surface area contributed by atoms with Gasteiger partial charge in [0.15, 0.2) is 0 Å². The first-order chi connectivity index (χ1) is 12.1. The molecule has 0 spiro atoms. The molecule has 1 aromatic heterocycles. The van der Waals surface area contributed by atoms with Crippen LogP contribution in [0.2, 0.25) is 0 Å². The molecule has 1 amide bonds. The Balaban J connectivity index is 1.74. The fourth-order valence-electron chi connectivity index (χ4n) is 3.37. The smallest absolute Gasteiger partial charge is 0.221 e. The summed E-state index contributed by atoms with van der Waals surface area (Å²) in [6.45, 7) is 6.45. The summed E-state index contributed by atoms with van der Waals surface area (Å²) in [6, 6.07) is 8.29. The molecule has 0 atom stereocenters. The van der Waals surface area contributed by atoms with E-state index in [9.17, 15) is 4.79 Å². The topological polar surface area (TPSA) is 50.9 Å². The standard InChI is InChI=1S/C18H23N5OS/c1-13(24)20-15-3-4-17-16(11-15)19-12-14-5-10-25-18(14)23(17)22-8-6-21(2)7-9-22/h3-5,10-11,19H,6-9,12H2,1-2H3,(H,20,24). The Kier molecular flexibility index (Phi) is 4.37. The van der Waals surface area contributed by atoms with Crippen LogP contribution in [0.1, 0.15) is 12.5 Å². The van der Waals surface area contributed by atoms with Crippen molar-refractivity contribution in [2.45, 2.75) is 13.5 Å². The molecule has 132 valence electrons. The first-order valence-corrected chi connectivity index (χ1v) is 9.45. The van der Waals surface area contributed by atoms with Crippen molar-refractivity contribution in [2.24, 2.45) is 0 Å². The summed E-state index contributed by atoms with van der Waals surface area (Å²) in [4.78, 5) is 13.7. The van der Waals surface area contributed by atoms with Crippen molar-refractivity contribution in [3.05, 3.63) is 35.2 Å². The van der Waals surface area contributed by atoms with Crippen LogP contribution >= 0.6 is 11.3 Å². The second-order valence-corrected chi connectivity index (χ2v) is 7.48. The Morgan fingerprint density at radius 1 is 1.20 bits per heavy atom. The van der Waals surface area contributed by atoms with Crippen molar-refractivity contribution in [1.82, 2.24) is 9.91 Å². The Bertz CT molecular complexity index is 782. The van der Waals surface area contributed by atoms with E-state index >= 15 is 0 Å². The van der Waals surface area contributed by atoms with Gasteiger partial charge in [-0.25, -0.2) is 5.01 Å². The minimum absolute atomic E-state index is 0.0522. The van der Waals surface area contributed by atoms with Crippen molar-refractivity contribution < 1.29 is 4.79 Å². The number of hydrogen-bond donors (Lipinski definition) is 2. The van der Waals surface area contributed by atoms with Gasteiger partial charge in [0.25, 0.3) is 0 Å². The van der Waals surface area contributed by atoms with Crippen LogP contribution < -0.4 is 15.6 Å². The van der Waals surface area contributed by atoms with Crippen LogP contribution in [0.3, 0.4) is 0 Å². The molecule has 2 aromatic rings. The number of nitrogens with one attached hydrogen (secondary N) is 2. The molecule has 3 heterocycles. The van der Waals surface area contributed by atoms with E-state index in [0.717, 1.165) is 49.8 Å². The molecule has 7 heteroatoms. The number of fused-ring (bicyclic) bond motifs is 2. The number of hydrazine groups is 1. The molecule has 1 saturated heterocycles. The van der Waals surface area contributed by atoms with E-state index in [4.69, 9.17) is 0 Å². The highest BCUT2D eigenvalue weighted by molar-refractivity contribution is 7.14. The number of thiophene rings is 1. The van der Waals surface area contributed by atoms with Gasteiger partial charge in [0, 0.05) is 50.9 Å². The zero-order valence-corrected chi connectivity index (χ0v) is 15.4. The van der Waals surface area contributed by atoms with Crippen LogP contribution in [-0.2, 0) is 11.3 Å². The van der Waals surface area contributed by atoms with Crippen molar-refractivity contribution in [3.8, 4) is 0 Å². The highest BCUT2D eigenvalue weighted by Gasteiger charge is 2.28. The molecule has 1 aromatic carbocycles. The van der Waals surface area contributed by atoms with Gasteiger partial charge in [-0.1, -0.05) is 0 Å². The Labute approximate surface area is 152 Å². The summed E-state index contributed by atoms with van der Waals surface area (Å²) < 4.78 is 0. The van der Waals surface area contributed by atoms with E-state index < -0.39 is 0 Å². The maximum absolute atomic E-state index is 11.4. The third-order valence-electron chi connectivity index (χ3n) is 4.69. The third kappa shape index (κ3) is 3.22. The molecule has 25 heavy (non-hydrogen) atoms.